The molecule has 0 aliphatic rings. The van der Waals surface area contributed by atoms with Crippen molar-refractivity contribution in [2.45, 2.75) is 19.3 Å². The third kappa shape index (κ3) is 5.03. The molecule has 2 heteroatoms. The van der Waals surface area contributed by atoms with Gasteiger partial charge < -0.3 is 4.74 Å². The Morgan fingerprint density at radius 2 is 1.93 bits per heavy atom. The molecule has 1 rings (SSSR count). The van der Waals surface area contributed by atoms with E-state index in [1.165, 1.54) is 18.4 Å². The summed E-state index contributed by atoms with van der Waals surface area (Å²) in [7, 11) is 1.69. The standard InChI is InChI=1S/C13H17BrO/c1-15-13-9-7-12(8-10-13)6-4-2-3-5-11-14/h4,6-10H,2-3,5,11H2,1H3. The Kier molecular flexibility index (Phi) is 6.17. The second-order valence-electron chi connectivity index (χ2n) is 3.36. The zero-order valence-corrected chi connectivity index (χ0v) is 10.7. The summed E-state index contributed by atoms with van der Waals surface area (Å²) >= 11 is 3.42. The van der Waals surface area contributed by atoms with E-state index in [0.29, 0.717) is 0 Å². The molecule has 0 unspecified atom stereocenters. The summed E-state index contributed by atoms with van der Waals surface area (Å²) in [6, 6.07) is 8.11. The summed E-state index contributed by atoms with van der Waals surface area (Å²) in [4.78, 5) is 0. The minimum Gasteiger partial charge on any atom is -0.497 e. The van der Waals surface area contributed by atoms with Gasteiger partial charge >= 0.3 is 0 Å². The molecular weight excluding hydrogens is 252 g/mol. The third-order valence-corrected chi connectivity index (χ3v) is 2.74. The van der Waals surface area contributed by atoms with Gasteiger partial charge in [0.1, 0.15) is 5.75 Å². The van der Waals surface area contributed by atoms with E-state index in [1.807, 2.05) is 12.1 Å². The molecule has 1 nitrogen and oxygen atoms in total. The summed E-state index contributed by atoms with van der Waals surface area (Å²) in [6.07, 6.45) is 8.03. The smallest absolute Gasteiger partial charge is 0.118 e. The van der Waals surface area contributed by atoms with Crippen molar-refractivity contribution in [2.75, 3.05) is 12.4 Å². The van der Waals surface area contributed by atoms with Crippen LogP contribution in [0, 0.1) is 0 Å². The van der Waals surface area contributed by atoms with Gasteiger partial charge in [-0.1, -0.05) is 40.2 Å². The molecule has 0 aliphatic heterocycles. The number of alkyl halides is 1. The molecule has 0 N–H and O–H groups in total. The lowest BCUT2D eigenvalue weighted by Crippen LogP contribution is -1.81. The average Bonchev–Trinajstić information content (AvgIpc) is 2.30. The fraction of sp³-hybridized carbons (Fsp3) is 0.385. The molecule has 0 radical (unpaired) electrons. The molecule has 0 spiro atoms. The highest BCUT2D eigenvalue weighted by atomic mass is 79.9. The Hall–Kier alpha value is -0.760. The maximum absolute atomic E-state index is 5.10. The van der Waals surface area contributed by atoms with Crippen molar-refractivity contribution in [3.63, 3.8) is 0 Å². The van der Waals surface area contributed by atoms with Gasteiger partial charge in [0.25, 0.3) is 0 Å². The van der Waals surface area contributed by atoms with Crippen LogP contribution in [0.15, 0.2) is 30.3 Å². The fourth-order valence-electron chi connectivity index (χ4n) is 1.29. The molecule has 0 aromatic heterocycles. The highest BCUT2D eigenvalue weighted by molar-refractivity contribution is 9.09. The summed E-state index contributed by atoms with van der Waals surface area (Å²) in [5.41, 5.74) is 1.23. The molecular formula is C13H17BrO. The first-order valence-electron chi connectivity index (χ1n) is 5.23. The van der Waals surface area contributed by atoms with Crippen LogP contribution in [0.1, 0.15) is 24.8 Å². The van der Waals surface area contributed by atoms with Crippen LogP contribution in [0.5, 0.6) is 5.75 Å². The normalized spacial score (nSPS) is 10.8. The first-order valence-corrected chi connectivity index (χ1v) is 6.35. The van der Waals surface area contributed by atoms with Crippen LogP contribution in [0.2, 0.25) is 0 Å². The highest BCUT2D eigenvalue weighted by Crippen LogP contribution is 2.12. The van der Waals surface area contributed by atoms with Crippen molar-refractivity contribution in [3.05, 3.63) is 35.9 Å². The van der Waals surface area contributed by atoms with E-state index in [2.05, 4.69) is 40.2 Å². The van der Waals surface area contributed by atoms with Crippen molar-refractivity contribution in [2.24, 2.45) is 0 Å². The van der Waals surface area contributed by atoms with Gasteiger partial charge in [-0.25, -0.2) is 0 Å². The number of rotatable bonds is 6. The third-order valence-electron chi connectivity index (χ3n) is 2.18. The quantitative estimate of drug-likeness (QED) is 0.553. The zero-order chi connectivity index (χ0) is 10.9. The molecule has 0 amide bonds. The predicted molar refractivity (Wildman–Crippen MR) is 69.7 cm³/mol. The Morgan fingerprint density at radius 3 is 2.53 bits per heavy atom. The molecule has 0 bridgehead atoms. The molecule has 0 atom stereocenters. The zero-order valence-electron chi connectivity index (χ0n) is 9.08. The molecule has 15 heavy (non-hydrogen) atoms. The molecule has 82 valence electrons. The van der Waals surface area contributed by atoms with Crippen LogP contribution in [0.25, 0.3) is 6.08 Å². The lowest BCUT2D eigenvalue weighted by atomic mass is 10.1. The van der Waals surface area contributed by atoms with Crippen LogP contribution in [0.3, 0.4) is 0 Å². The number of methoxy groups -OCH3 is 1. The van der Waals surface area contributed by atoms with Gasteiger partial charge in [0.2, 0.25) is 0 Å². The van der Waals surface area contributed by atoms with Crippen LogP contribution < -0.4 is 4.74 Å². The minimum atomic E-state index is 0.909. The highest BCUT2D eigenvalue weighted by Gasteiger charge is 1.89. The van der Waals surface area contributed by atoms with Gasteiger partial charge in [-0.05, 0) is 37.0 Å². The molecule has 0 saturated heterocycles. The van der Waals surface area contributed by atoms with Gasteiger partial charge in [0.15, 0.2) is 0 Å². The predicted octanol–water partition coefficient (Wildman–Crippen LogP) is 4.27. The monoisotopic (exact) mass is 268 g/mol. The molecule has 1 aromatic carbocycles. The van der Waals surface area contributed by atoms with E-state index in [4.69, 9.17) is 4.74 Å². The first kappa shape index (κ1) is 12.3. The molecule has 0 heterocycles. The maximum Gasteiger partial charge on any atom is 0.118 e. The van der Waals surface area contributed by atoms with E-state index in [-0.39, 0.29) is 0 Å². The first-order chi connectivity index (χ1) is 7.36. The van der Waals surface area contributed by atoms with Gasteiger partial charge in [0, 0.05) is 5.33 Å². The fourth-order valence-corrected chi connectivity index (χ4v) is 1.69. The van der Waals surface area contributed by atoms with E-state index >= 15 is 0 Å². The number of benzene rings is 1. The van der Waals surface area contributed by atoms with Gasteiger partial charge in [-0.15, -0.1) is 0 Å². The SMILES string of the molecule is COc1ccc(C=CCCCCBr)cc1. The summed E-state index contributed by atoms with van der Waals surface area (Å²) in [5.74, 6) is 0.909. The Morgan fingerprint density at radius 1 is 1.20 bits per heavy atom. The van der Waals surface area contributed by atoms with Crippen molar-refractivity contribution in [3.8, 4) is 5.75 Å². The topological polar surface area (TPSA) is 9.23 Å². The number of halogens is 1. The number of ether oxygens (including phenoxy) is 1. The van der Waals surface area contributed by atoms with Crippen LogP contribution >= 0.6 is 15.9 Å². The lowest BCUT2D eigenvalue weighted by molar-refractivity contribution is 0.415. The maximum atomic E-state index is 5.10. The molecule has 0 aliphatic carbocycles. The van der Waals surface area contributed by atoms with E-state index in [9.17, 15) is 0 Å². The molecule has 0 saturated carbocycles. The summed E-state index contributed by atoms with van der Waals surface area (Å²) in [5, 5.41) is 1.10. The second kappa shape index (κ2) is 7.52. The number of allylic oxidation sites excluding steroid dienone is 1. The molecule has 0 fully saturated rings. The van der Waals surface area contributed by atoms with Crippen LogP contribution in [0.4, 0.5) is 0 Å². The van der Waals surface area contributed by atoms with Crippen molar-refractivity contribution >= 4 is 22.0 Å². The largest absolute Gasteiger partial charge is 0.497 e. The van der Waals surface area contributed by atoms with E-state index in [0.717, 1.165) is 17.5 Å². The number of hydrogen-bond acceptors (Lipinski definition) is 1. The van der Waals surface area contributed by atoms with Gasteiger partial charge in [-0.2, -0.15) is 0 Å². The minimum absolute atomic E-state index is 0.909. The van der Waals surface area contributed by atoms with Crippen molar-refractivity contribution in [1.82, 2.24) is 0 Å². The lowest BCUT2D eigenvalue weighted by Gasteiger charge is -1.99. The van der Waals surface area contributed by atoms with Gasteiger partial charge in [0.05, 0.1) is 7.11 Å². The Balaban J connectivity index is 2.36. The summed E-state index contributed by atoms with van der Waals surface area (Å²) in [6.45, 7) is 0. The second-order valence-corrected chi connectivity index (χ2v) is 4.15. The van der Waals surface area contributed by atoms with Crippen LogP contribution in [-0.4, -0.2) is 12.4 Å². The number of hydrogen-bond donors (Lipinski definition) is 0. The van der Waals surface area contributed by atoms with Crippen LogP contribution in [-0.2, 0) is 0 Å². The Bertz CT molecular complexity index is 290. The Labute approximate surface area is 100 Å². The van der Waals surface area contributed by atoms with E-state index in [1.54, 1.807) is 7.11 Å². The number of unbranched alkanes of at least 4 members (excludes halogenated alkanes) is 2. The molecule has 1 aromatic rings. The average molecular weight is 269 g/mol. The summed E-state index contributed by atoms with van der Waals surface area (Å²) < 4.78 is 5.10. The van der Waals surface area contributed by atoms with Crippen molar-refractivity contribution in [1.29, 1.82) is 0 Å². The van der Waals surface area contributed by atoms with E-state index < -0.39 is 0 Å². The van der Waals surface area contributed by atoms with Crippen molar-refractivity contribution < 1.29 is 4.74 Å². The van der Waals surface area contributed by atoms with Gasteiger partial charge in [-0.3, -0.25) is 0 Å².